The van der Waals surface area contributed by atoms with Crippen molar-refractivity contribution in [3.05, 3.63) is 0 Å². The SMILES string of the molecule is CC(CCO)NC1(CN)CCOC1. The quantitative estimate of drug-likeness (QED) is 0.542. The van der Waals surface area contributed by atoms with Crippen molar-refractivity contribution in [1.29, 1.82) is 0 Å². The molecule has 1 heterocycles. The van der Waals surface area contributed by atoms with E-state index < -0.39 is 0 Å². The molecule has 4 heteroatoms. The van der Waals surface area contributed by atoms with Crippen LogP contribution >= 0.6 is 0 Å². The van der Waals surface area contributed by atoms with Gasteiger partial charge in [0.1, 0.15) is 0 Å². The van der Waals surface area contributed by atoms with E-state index in [2.05, 4.69) is 12.2 Å². The molecule has 0 bridgehead atoms. The van der Waals surface area contributed by atoms with E-state index in [0.29, 0.717) is 19.2 Å². The monoisotopic (exact) mass is 188 g/mol. The van der Waals surface area contributed by atoms with Crippen molar-refractivity contribution in [3.8, 4) is 0 Å². The average molecular weight is 188 g/mol. The van der Waals surface area contributed by atoms with Crippen LogP contribution in [0.2, 0.25) is 0 Å². The molecule has 0 radical (unpaired) electrons. The topological polar surface area (TPSA) is 67.5 Å². The minimum absolute atomic E-state index is 0.0470. The smallest absolute Gasteiger partial charge is 0.0661 e. The lowest BCUT2D eigenvalue weighted by Crippen LogP contribution is -2.55. The van der Waals surface area contributed by atoms with Crippen molar-refractivity contribution in [2.24, 2.45) is 5.73 Å². The third-order valence-electron chi connectivity index (χ3n) is 2.61. The number of hydrogen-bond acceptors (Lipinski definition) is 4. The molecule has 2 unspecified atom stereocenters. The van der Waals surface area contributed by atoms with Crippen LogP contribution in [0.3, 0.4) is 0 Å². The standard InChI is InChI=1S/C9H20N2O2/c1-8(2-4-12)11-9(6-10)3-5-13-7-9/h8,11-12H,2-7,10H2,1H3. The average Bonchev–Trinajstić information content (AvgIpc) is 2.54. The Morgan fingerprint density at radius 2 is 2.46 bits per heavy atom. The molecule has 0 spiro atoms. The van der Waals surface area contributed by atoms with Crippen LogP contribution in [-0.4, -0.2) is 43.1 Å². The van der Waals surface area contributed by atoms with Crippen molar-refractivity contribution in [2.45, 2.75) is 31.3 Å². The van der Waals surface area contributed by atoms with Gasteiger partial charge in [0.2, 0.25) is 0 Å². The van der Waals surface area contributed by atoms with Crippen molar-refractivity contribution < 1.29 is 9.84 Å². The van der Waals surface area contributed by atoms with Gasteiger partial charge in [0, 0.05) is 25.8 Å². The van der Waals surface area contributed by atoms with E-state index in [1.807, 2.05) is 0 Å². The maximum Gasteiger partial charge on any atom is 0.0661 e. The predicted octanol–water partition coefficient (Wildman–Crippen LogP) is -0.535. The molecule has 1 rings (SSSR count). The molecular formula is C9H20N2O2. The number of rotatable bonds is 5. The van der Waals surface area contributed by atoms with Gasteiger partial charge in [-0.05, 0) is 19.8 Å². The molecule has 13 heavy (non-hydrogen) atoms. The van der Waals surface area contributed by atoms with Gasteiger partial charge in [0.15, 0.2) is 0 Å². The third-order valence-corrected chi connectivity index (χ3v) is 2.61. The number of hydrogen-bond donors (Lipinski definition) is 3. The number of aliphatic hydroxyl groups excluding tert-OH is 1. The van der Waals surface area contributed by atoms with Gasteiger partial charge in [-0.15, -0.1) is 0 Å². The van der Waals surface area contributed by atoms with E-state index in [1.165, 1.54) is 0 Å². The second kappa shape index (κ2) is 4.91. The fraction of sp³-hybridized carbons (Fsp3) is 1.00. The maximum absolute atomic E-state index is 8.76. The van der Waals surface area contributed by atoms with Crippen molar-refractivity contribution in [3.63, 3.8) is 0 Å². The Morgan fingerprint density at radius 1 is 1.69 bits per heavy atom. The molecule has 78 valence electrons. The van der Waals surface area contributed by atoms with Crippen molar-refractivity contribution >= 4 is 0 Å². The van der Waals surface area contributed by atoms with Gasteiger partial charge in [0.05, 0.1) is 12.1 Å². The van der Waals surface area contributed by atoms with Crippen LogP contribution in [-0.2, 0) is 4.74 Å². The molecule has 0 aromatic rings. The first-order valence-electron chi connectivity index (χ1n) is 4.89. The van der Waals surface area contributed by atoms with Gasteiger partial charge in [-0.25, -0.2) is 0 Å². The Balaban J connectivity index is 2.38. The molecule has 4 N–H and O–H groups in total. The summed E-state index contributed by atoms with van der Waals surface area (Å²) in [7, 11) is 0. The summed E-state index contributed by atoms with van der Waals surface area (Å²) in [4.78, 5) is 0. The Hall–Kier alpha value is -0.160. The maximum atomic E-state index is 8.76. The minimum Gasteiger partial charge on any atom is -0.396 e. The van der Waals surface area contributed by atoms with Crippen LogP contribution in [0.1, 0.15) is 19.8 Å². The fourth-order valence-electron chi connectivity index (χ4n) is 1.73. The van der Waals surface area contributed by atoms with E-state index in [-0.39, 0.29) is 12.1 Å². The highest BCUT2D eigenvalue weighted by Gasteiger charge is 2.34. The first-order valence-corrected chi connectivity index (χ1v) is 4.89. The summed E-state index contributed by atoms with van der Waals surface area (Å²) >= 11 is 0. The summed E-state index contributed by atoms with van der Waals surface area (Å²) in [5.74, 6) is 0. The lowest BCUT2D eigenvalue weighted by atomic mass is 9.97. The van der Waals surface area contributed by atoms with Crippen LogP contribution < -0.4 is 11.1 Å². The molecule has 0 amide bonds. The molecule has 1 saturated heterocycles. The normalized spacial score (nSPS) is 30.7. The van der Waals surface area contributed by atoms with E-state index in [0.717, 1.165) is 19.4 Å². The Bertz CT molecular complexity index is 147. The molecule has 0 saturated carbocycles. The largest absolute Gasteiger partial charge is 0.396 e. The molecule has 0 aromatic carbocycles. The van der Waals surface area contributed by atoms with Crippen molar-refractivity contribution in [1.82, 2.24) is 5.32 Å². The second-order valence-corrected chi connectivity index (χ2v) is 3.84. The molecule has 1 aliphatic heterocycles. The number of aliphatic hydroxyl groups is 1. The van der Waals surface area contributed by atoms with Gasteiger partial charge in [-0.2, -0.15) is 0 Å². The summed E-state index contributed by atoms with van der Waals surface area (Å²) in [6, 6.07) is 0.301. The van der Waals surface area contributed by atoms with Crippen LogP contribution in [0.5, 0.6) is 0 Å². The van der Waals surface area contributed by atoms with Crippen LogP contribution in [0.15, 0.2) is 0 Å². The van der Waals surface area contributed by atoms with E-state index in [9.17, 15) is 0 Å². The Labute approximate surface area is 79.5 Å². The summed E-state index contributed by atoms with van der Waals surface area (Å²) in [6.07, 6.45) is 1.74. The number of nitrogens with one attached hydrogen (secondary N) is 1. The molecule has 0 aromatic heterocycles. The zero-order valence-corrected chi connectivity index (χ0v) is 8.25. The zero-order chi connectivity index (χ0) is 9.73. The summed E-state index contributed by atoms with van der Waals surface area (Å²) < 4.78 is 5.33. The molecule has 1 aliphatic rings. The zero-order valence-electron chi connectivity index (χ0n) is 8.25. The van der Waals surface area contributed by atoms with Crippen LogP contribution in [0, 0.1) is 0 Å². The van der Waals surface area contributed by atoms with Gasteiger partial charge < -0.3 is 20.9 Å². The summed E-state index contributed by atoms with van der Waals surface area (Å²) in [6.45, 7) is 4.36. The molecule has 0 aliphatic carbocycles. The molecule has 1 fully saturated rings. The minimum atomic E-state index is -0.0470. The third kappa shape index (κ3) is 2.91. The lowest BCUT2D eigenvalue weighted by Gasteiger charge is -2.30. The van der Waals surface area contributed by atoms with E-state index in [1.54, 1.807) is 0 Å². The second-order valence-electron chi connectivity index (χ2n) is 3.84. The first-order chi connectivity index (χ1) is 6.22. The highest BCUT2D eigenvalue weighted by molar-refractivity contribution is 4.94. The van der Waals surface area contributed by atoms with Crippen LogP contribution in [0.25, 0.3) is 0 Å². The van der Waals surface area contributed by atoms with Gasteiger partial charge >= 0.3 is 0 Å². The molecule has 2 atom stereocenters. The number of nitrogens with two attached hydrogens (primary N) is 1. The number of ether oxygens (including phenoxy) is 1. The first kappa shape index (κ1) is 10.9. The molecule has 4 nitrogen and oxygen atoms in total. The Kier molecular flexibility index (Phi) is 4.12. The predicted molar refractivity (Wildman–Crippen MR) is 51.5 cm³/mol. The van der Waals surface area contributed by atoms with Gasteiger partial charge in [0.25, 0.3) is 0 Å². The molecular weight excluding hydrogens is 168 g/mol. The van der Waals surface area contributed by atoms with E-state index >= 15 is 0 Å². The highest BCUT2D eigenvalue weighted by Crippen LogP contribution is 2.18. The Morgan fingerprint density at radius 3 is 2.92 bits per heavy atom. The highest BCUT2D eigenvalue weighted by atomic mass is 16.5. The van der Waals surface area contributed by atoms with E-state index in [4.69, 9.17) is 15.6 Å². The van der Waals surface area contributed by atoms with Gasteiger partial charge in [-0.1, -0.05) is 0 Å². The summed E-state index contributed by atoms with van der Waals surface area (Å²) in [5, 5.41) is 12.2. The van der Waals surface area contributed by atoms with Crippen molar-refractivity contribution in [2.75, 3.05) is 26.4 Å². The summed E-state index contributed by atoms with van der Waals surface area (Å²) in [5.41, 5.74) is 5.66. The fourth-order valence-corrected chi connectivity index (χ4v) is 1.73. The lowest BCUT2D eigenvalue weighted by molar-refractivity contribution is 0.159. The van der Waals surface area contributed by atoms with Gasteiger partial charge in [-0.3, -0.25) is 0 Å². The van der Waals surface area contributed by atoms with Crippen LogP contribution in [0.4, 0.5) is 0 Å².